The minimum absolute atomic E-state index is 0.877. The summed E-state index contributed by atoms with van der Waals surface area (Å²) < 4.78 is 4.81. The van der Waals surface area contributed by atoms with Crippen LogP contribution in [0.4, 0.5) is 11.4 Å². The topological polar surface area (TPSA) is 6.02 Å². The Hall–Kier alpha value is -5.42. The molecule has 0 unspecified atom stereocenters. The van der Waals surface area contributed by atoms with Gasteiger partial charge in [0.05, 0.1) is 22.3 Å². The van der Waals surface area contributed by atoms with Crippen LogP contribution in [0.3, 0.4) is 0 Å². The maximum Gasteiger partial charge on any atom is 0.221 e. The molecule has 2 nitrogen and oxygen atoms in total. The fourth-order valence-electron chi connectivity index (χ4n) is 7.56. The van der Waals surface area contributed by atoms with Crippen LogP contribution in [0.2, 0.25) is 0 Å². The molecule has 0 radical (unpaired) electrons. The van der Waals surface area contributed by atoms with Crippen molar-refractivity contribution in [3.05, 3.63) is 191 Å². The largest absolute Gasteiger partial charge is 0.221 e. The van der Waals surface area contributed by atoms with Crippen LogP contribution < -0.4 is 0 Å². The molecule has 0 amide bonds. The fourth-order valence-corrected chi connectivity index (χ4v) is 9.67. The molecule has 0 spiro atoms. The molecule has 0 saturated carbocycles. The van der Waals surface area contributed by atoms with E-state index in [9.17, 15) is 0 Å². The van der Waals surface area contributed by atoms with Crippen LogP contribution in [0.5, 0.6) is 0 Å². The molecule has 9 rings (SSSR count). The van der Waals surface area contributed by atoms with Gasteiger partial charge in [0.15, 0.2) is 24.2 Å². The molecule has 0 N–H and O–H groups in total. The number of benzene rings is 7. The Bertz CT molecular complexity index is 2440. The second-order valence-electron chi connectivity index (χ2n) is 14.0. The zero-order valence-corrected chi connectivity index (χ0v) is 32.9. The highest BCUT2D eigenvalue weighted by Gasteiger charge is 2.28. The van der Waals surface area contributed by atoms with Gasteiger partial charge in [0.2, 0.25) is 11.4 Å². The highest BCUT2D eigenvalue weighted by atomic mass is 32.2. The van der Waals surface area contributed by atoms with Gasteiger partial charge in [0.1, 0.15) is 0 Å². The van der Waals surface area contributed by atoms with Crippen molar-refractivity contribution in [3.63, 3.8) is 0 Å². The SMILES string of the molecule is Cc1cccc2c1SC[N+](c1c(-c3ccccc3)cc(-c3ccccc3)cc1-c1ccccc1)=C2.Cc1cccc2c1SC[N+](c1c(C)cccc1C)=C2. The Balaban J connectivity index is 0.000000183. The molecule has 2 aliphatic heterocycles. The minimum Gasteiger partial charge on any atom is -0.188 e. The second kappa shape index (κ2) is 15.9. The van der Waals surface area contributed by atoms with Gasteiger partial charge in [0, 0.05) is 20.9 Å². The minimum atomic E-state index is 0.877. The predicted molar refractivity (Wildman–Crippen MR) is 233 cm³/mol. The zero-order valence-electron chi connectivity index (χ0n) is 31.3. The maximum absolute atomic E-state index is 2.44. The van der Waals surface area contributed by atoms with Gasteiger partial charge >= 0.3 is 0 Å². The lowest BCUT2D eigenvalue weighted by Crippen LogP contribution is -2.15. The summed E-state index contributed by atoms with van der Waals surface area (Å²) >= 11 is 3.85. The maximum atomic E-state index is 2.44. The molecule has 0 atom stereocenters. The van der Waals surface area contributed by atoms with E-state index in [1.807, 2.05) is 23.5 Å². The summed E-state index contributed by atoms with van der Waals surface area (Å²) in [7, 11) is 0. The van der Waals surface area contributed by atoms with E-state index in [2.05, 4.69) is 207 Å². The average Bonchev–Trinajstić information content (AvgIpc) is 3.21. The monoisotopic (exact) mass is 736 g/mol. The first-order chi connectivity index (χ1) is 26.4. The summed E-state index contributed by atoms with van der Waals surface area (Å²) in [6.07, 6.45) is 4.61. The molecule has 264 valence electrons. The fraction of sp³-hybridized carbons (Fsp3) is 0.120. The van der Waals surface area contributed by atoms with Gasteiger partial charge in [-0.1, -0.05) is 157 Å². The first-order valence-corrected chi connectivity index (χ1v) is 20.5. The van der Waals surface area contributed by atoms with E-state index in [-0.39, 0.29) is 0 Å². The summed E-state index contributed by atoms with van der Waals surface area (Å²) in [6, 6.07) is 56.6. The van der Waals surface area contributed by atoms with E-state index in [1.54, 1.807) is 0 Å². The normalized spacial score (nSPS) is 13.1. The molecule has 0 saturated heterocycles. The van der Waals surface area contributed by atoms with Crippen molar-refractivity contribution in [2.24, 2.45) is 0 Å². The Labute approximate surface area is 328 Å². The summed E-state index contributed by atoms with van der Waals surface area (Å²) in [5.74, 6) is 1.87. The van der Waals surface area contributed by atoms with Crippen molar-refractivity contribution in [1.82, 2.24) is 0 Å². The third kappa shape index (κ3) is 7.37. The number of hydrogen-bond acceptors (Lipinski definition) is 2. The predicted octanol–water partition coefficient (Wildman–Crippen LogP) is 13.3. The Kier molecular flexibility index (Phi) is 10.5. The molecule has 7 aromatic rings. The van der Waals surface area contributed by atoms with Crippen molar-refractivity contribution in [3.8, 4) is 33.4 Å². The number of para-hydroxylation sites is 1. The average molecular weight is 737 g/mol. The number of thioether (sulfide) groups is 2. The van der Waals surface area contributed by atoms with Gasteiger partial charge in [-0.05, 0) is 85.3 Å². The van der Waals surface area contributed by atoms with Crippen LogP contribution in [0.25, 0.3) is 33.4 Å². The van der Waals surface area contributed by atoms with Crippen molar-refractivity contribution in [2.75, 3.05) is 11.8 Å². The first-order valence-electron chi connectivity index (χ1n) is 18.5. The Morgan fingerprint density at radius 2 is 0.759 bits per heavy atom. The number of aryl methyl sites for hydroxylation is 4. The van der Waals surface area contributed by atoms with Crippen molar-refractivity contribution < 1.29 is 9.15 Å². The van der Waals surface area contributed by atoms with Gasteiger partial charge in [-0.3, -0.25) is 0 Å². The second-order valence-corrected chi connectivity index (χ2v) is 15.9. The smallest absolute Gasteiger partial charge is 0.188 e. The summed E-state index contributed by atoms with van der Waals surface area (Å²) in [4.78, 5) is 2.80. The van der Waals surface area contributed by atoms with Gasteiger partial charge in [-0.2, -0.15) is 9.15 Å². The quantitative estimate of drug-likeness (QED) is 0.162. The summed E-state index contributed by atoms with van der Waals surface area (Å²) in [5, 5.41) is 0. The van der Waals surface area contributed by atoms with Crippen LogP contribution in [0.15, 0.2) is 168 Å². The Morgan fingerprint density at radius 3 is 1.22 bits per heavy atom. The van der Waals surface area contributed by atoms with Crippen molar-refractivity contribution in [1.29, 1.82) is 0 Å². The van der Waals surface area contributed by atoms with Crippen LogP contribution in [0, 0.1) is 27.7 Å². The molecule has 2 aliphatic rings. The third-order valence-corrected chi connectivity index (χ3v) is 12.7. The van der Waals surface area contributed by atoms with E-state index in [0.29, 0.717) is 0 Å². The number of fused-ring (bicyclic) bond motifs is 2. The molecule has 0 fully saturated rings. The molecular weight excluding hydrogens is 693 g/mol. The van der Waals surface area contributed by atoms with E-state index < -0.39 is 0 Å². The van der Waals surface area contributed by atoms with Gasteiger partial charge in [-0.15, -0.1) is 0 Å². The molecule has 2 heterocycles. The van der Waals surface area contributed by atoms with Gasteiger partial charge in [0.25, 0.3) is 0 Å². The van der Waals surface area contributed by atoms with Gasteiger partial charge in [-0.25, -0.2) is 0 Å². The third-order valence-electron chi connectivity index (χ3n) is 10.2. The molecule has 4 heteroatoms. The standard InChI is InChI=1S/C33H26NS.C17H18NS/c1-24-12-11-19-28-22-34(23-35-33(24)28)32-30(26-15-7-3-8-16-26)20-29(25-13-5-2-6-14-25)21-31(32)27-17-9-4-10-18-27;1-12-6-4-7-13(2)16(12)18-10-15-9-5-8-14(3)17(15)19-11-18/h2-22H,23H2,1H3;4-10H,11H2,1-3H3/q2*+1. The summed E-state index contributed by atoms with van der Waals surface area (Å²) in [6.45, 7) is 8.77. The highest BCUT2D eigenvalue weighted by Crippen LogP contribution is 2.44. The van der Waals surface area contributed by atoms with E-state index >= 15 is 0 Å². The van der Waals surface area contributed by atoms with Crippen LogP contribution in [-0.2, 0) is 0 Å². The molecule has 7 aromatic carbocycles. The number of hydrogen-bond donors (Lipinski definition) is 0. The van der Waals surface area contributed by atoms with Crippen molar-refractivity contribution in [2.45, 2.75) is 37.5 Å². The number of nitrogens with zero attached hydrogens (tertiary/aromatic N) is 2. The lowest BCUT2D eigenvalue weighted by Gasteiger charge is -2.19. The van der Waals surface area contributed by atoms with E-state index in [4.69, 9.17) is 0 Å². The Morgan fingerprint density at radius 1 is 0.370 bits per heavy atom. The molecule has 54 heavy (non-hydrogen) atoms. The molecule has 0 aromatic heterocycles. The van der Waals surface area contributed by atoms with Crippen molar-refractivity contribution >= 4 is 47.3 Å². The number of rotatable bonds is 5. The molecule has 0 bridgehead atoms. The highest BCUT2D eigenvalue weighted by molar-refractivity contribution is 7.99. The lowest BCUT2D eigenvalue weighted by atomic mass is 9.90. The van der Waals surface area contributed by atoms with Gasteiger partial charge < -0.3 is 0 Å². The first kappa shape index (κ1) is 35.6. The van der Waals surface area contributed by atoms with E-state index in [0.717, 1.165) is 11.8 Å². The van der Waals surface area contributed by atoms with E-state index in [1.165, 1.54) is 87.9 Å². The molecular formula is C50H44N2S2+2. The lowest BCUT2D eigenvalue weighted by molar-refractivity contribution is -0.412. The zero-order chi connectivity index (χ0) is 37.0. The van der Waals surface area contributed by atoms with Crippen LogP contribution in [0.1, 0.15) is 33.4 Å². The van der Waals surface area contributed by atoms with Crippen LogP contribution in [-0.4, -0.2) is 33.3 Å². The molecule has 0 aliphatic carbocycles. The van der Waals surface area contributed by atoms with Crippen LogP contribution >= 0.6 is 23.5 Å². The summed E-state index contributed by atoms with van der Waals surface area (Å²) in [5.41, 5.74) is 18.0.